The standard InChI is InChI=1S/C9H12BFO3S/c1-15-5-4-14-9-6-7(11)2-3-8(9)10(12)13/h2-3,6,12-13H,4-5H2,1H3. The van der Waals surface area contributed by atoms with E-state index in [-0.39, 0.29) is 11.2 Å². The van der Waals surface area contributed by atoms with Crippen LogP contribution in [0.4, 0.5) is 4.39 Å². The number of benzene rings is 1. The van der Waals surface area contributed by atoms with Gasteiger partial charge in [-0.15, -0.1) is 0 Å². The first kappa shape index (κ1) is 12.4. The molecule has 0 aliphatic rings. The normalized spacial score (nSPS) is 10.1. The number of rotatable bonds is 5. The van der Waals surface area contributed by atoms with Gasteiger partial charge in [0.15, 0.2) is 0 Å². The van der Waals surface area contributed by atoms with Gasteiger partial charge in [0.1, 0.15) is 11.6 Å². The lowest BCUT2D eigenvalue weighted by Gasteiger charge is -2.10. The molecule has 0 saturated carbocycles. The Hall–Kier alpha value is -0.715. The summed E-state index contributed by atoms with van der Waals surface area (Å²) in [5.74, 6) is 0.481. The summed E-state index contributed by atoms with van der Waals surface area (Å²) in [6.07, 6.45) is 1.93. The molecular formula is C9H12BFO3S. The van der Waals surface area contributed by atoms with E-state index >= 15 is 0 Å². The van der Waals surface area contributed by atoms with Gasteiger partial charge < -0.3 is 14.8 Å². The molecule has 0 heterocycles. The zero-order valence-corrected chi connectivity index (χ0v) is 9.13. The van der Waals surface area contributed by atoms with E-state index in [1.165, 1.54) is 6.07 Å². The highest BCUT2D eigenvalue weighted by Crippen LogP contribution is 2.11. The van der Waals surface area contributed by atoms with Crippen LogP contribution in [0.25, 0.3) is 0 Å². The zero-order chi connectivity index (χ0) is 11.3. The van der Waals surface area contributed by atoms with Gasteiger partial charge in [-0.05, 0) is 12.3 Å². The van der Waals surface area contributed by atoms with Gasteiger partial charge in [0, 0.05) is 17.3 Å². The highest BCUT2D eigenvalue weighted by Gasteiger charge is 2.17. The van der Waals surface area contributed by atoms with Crippen molar-refractivity contribution in [2.75, 3.05) is 18.6 Å². The van der Waals surface area contributed by atoms with E-state index in [4.69, 9.17) is 14.8 Å². The van der Waals surface area contributed by atoms with Crippen molar-refractivity contribution in [3.05, 3.63) is 24.0 Å². The largest absolute Gasteiger partial charge is 0.493 e. The topological polar surface area (TPSA) is 49.7 Å². The van der Waals surface area contributed by atoms with Gasteiger partial charge in [0.05, 0.1) is 6.61 Å². The molecule has 0 aliphatic carbocycles. The third-order valence-electron chi connectivity index (χ3n) is 1.80. The fourth-order valence-electron chi connectivity index (χ4n) is 1.08. The molecule has 1 rings (SSSR count). The molecule has 2 N–H and O–H groups in total. The molecule has 6 heteroatoms. The lowest BCUT2D eigenvalue weighted by Crippen LogP contribution is -2.31. The van der Waals surface area contributed by atoms with Crippen LogP contribution in [-0.2, 0) is 0 Å². The third kappa shape index (κ3) is 3.73. The maximum atomic E-state index is 12.9. The van der Waals surface area contributed by atoms with Crippen molar-refractivity contribution >= 4 is 24.3 Å². The smallest absolute Gasteiger partial charge is 0.492 e. The average molecular weight is 230 g/mol. The predicted octanol–water partition coefficient (Wildman–Crippen LogP) is 0.247. The molecule has 0 amide bonds. The molecule has 0 bridgehead atoms. The molecule has 0 fully saturated rings. The van der Waals surface area contributed by atoms with E-state index < -0.39 is 12.9 Å². The van der Waals surface area contributed by atoms with Crippen LogP contribution in [0.1, 0.15) is 0 Å². The van der Waals surface area contributed by atoms with Crippen molar-refractivity contribution in [2.24, 2.45) is 0 Å². The molecule has 0 radical (unpaired) electrons. The minimum Gasteiger partial charge on any atom is -0.493 e. The predicted molar refractivity (Wildman–Crippen MR) is 60.1 cm³/mol. The number of hydrogen-bond donors (Lipinski definition) is 2. The Morgan fingerprint density at radius 1 is 1.47 bits per heavy atom. The summed E-state index contributed by atoms with van der Waals surface area (Å²) < 4.78 is 18.1. The Morgan fingerprint density at radius 2 is 2.20 bits per heavy atom. The fraction of sp³-hybridized carbons (Fsp3) is 0.333. The van der Waals surface area contributed by atoms with E-state index in [2.05, 4.69) is 0 Å². The Kier molecular flexibility index (Phi) is 4.94. The van der Waals surface area contributed by atoms with E-state index in [9.17, 15) is 4.39 Å². The molecule has 1 aromatic carbocycles. The molecule has 0 atom stereocenters. The maximum absolute atomic E-state index is 12.9. The Balaban J connectivity index is 2.77. The molecular weight excluding hydrogens is 218 g/mol. The fourth-order valence-corrected chi connectivity index (χ4v) is 1.33. The van der Waals surface area contributed by atoms with E-state index in [0.717, 1.165) is 17.9 Å². The van der Waals surface area contributed by atoms with Gasteiger partial charge in [-0.2, -0.15) is 11.8 Å². The molecule has 0 unspecified atom stereocenters. The Bertz CT molecular complexity index is 322. The lowest BCUT2D eigenvalue weighted by molar-refractivity contribution is 0.341. The molecule has 0 aliphatic heterocycles. The summed E-state index contributed by atoms with van der Waals surface area (Å²) >= 11 is 1.60. The summed E-state index contributed by atoms with van der Waals surface area (Å²) in [5.41, 5.74) is 0.178. The quantitative estimate of drug-likeness (QED) is 0.562. The minimum atomic E-state index is -1.64. The van der Waals surface area contributed by atoms with Crippen LogP contribution in [0.2, 0.25) is 0 Å². The van der Waals surface area contributed by atoms with Crippen LogP contribution in [-0.4, -0.2) is 35.8 Å². The first-order valence-corrected chi connectivity index (χ1v) is 5.82. The van der Waals surface area contributed by atoms with Gasteiger partial charge in [-0.25, -0.2) is 4.39 Å². The van der Waals surface area contributed by atoms with Crippen molar-refractivity contribution in [1.82, 2.24) is 0 Å². The number of ether oxygens (including phenoxy) is 1. The van der Waals surface area contributed by atoms with Crippen LogP contribution in [0.3, 0.4) is 0 Å². The molecule has 3 nitrogen and oxygen atoms in total. The lowest BCUT2D eigenvalue weighted by atomic mass is 9.79. The van der Waals surface area contributed by atoms with Crippen LogP contribution in [0.5, 0.6) is 5.75 Å². The summed E-state index contributed by atoms with van der Waals surface area (Å²) in [6, 6.07) is 3.61. The SMILES string of the molecule is CSCCOc1cc(F)ccc1B(O)O. The van der Waals surface area contributed by atoms with Crippen LogP contribution >= 0.6 is 11.8 Å². The van der Waals surface area contributed by atoms with Crippen molar-refractivity contribution < 1.29 is 19.2 Å². The van der Waals surface area contributed by atoms with Crippen LogP contribution in [0, 0.1) is 5.82 Å². The number of hydrogen-bond acceptors (Lipinski definition) is 4. The van der Waals surface area contributed by atoms with Gasteiger partial charge in [-0.1, -0.05) is 6.07 Å². The zero-order valence-electron chi connectivity index (χ0n) is 8.31. The second-order valence-electron chi connectivity index (χ2n) is 2.90. The second-order valence-corrected chi connectivity index (χ2v) is 3.88. The maximum Gasteiger partial charge on any atom is 0.492 e. The van der Waals surface area contributed by atoms with E-state index in [1.807, 2.05) is 6.26 Å². The summed E-state index contributed by atoms with van der Waals surface area (Å²) in [7, 11) is -1.64. The molecule has 1 aromatic rings. The third-order valence-corrected chi connectivity index (χ3v) is 2.37. The highest BCUT2D eigenvalue weighted by molar-refractivity contribution is 7.98. The van der Waals surface area contributed by atoms with Crippen molar-refractivity contribution in [1.29, 1.82) is 0 Å². The molecule has 0 aromatic heterocycles. The van der Waals surface area contributed by atoms with Crippen molar-refractivity contribution in [2.45, 2.75) is 0 Å². The van der Waals surface area contributed by atoms with Crippen molar-refractivity contribution in [3.8, 4) is 5.75 Å². The van der Waals surface area contributed by atoms with E-state index in [0.29, 0.717) is 6.61 Å². The number of thioether (sulfide) groups is 1. The monoisotopic (exact) mass is 230 g/mol. The Morgan fingerprint density at radius 3 is 2.80 bits per heavy atom. The number of halogens is 1. The van der Waals surface area contributed by atoms with Gasteiger partial charge in [-0.3, -0.25) is 0 Å². The minimum absolute atomic E-state index is 0.178. The Labute approximate surface area is 92.4 Å². The van der Waals surface area contributed by atoms with Crippen LogP contribution < -0.4 is 10.2 Å². The van der Waals surface area contributed by atoms with E-state index in [1.54, 1.807) is 11.8 Å². The van der Waals surface area contributed by atoms with Gasteiger partial charge >= 0.3 is 7.12 Å². The second kappa shape index (κ2) is 6.00. The van der Waals surface area contributed by atoms with Crippen molar-refractivity contribution in [3.63, 3.8) is 0 Å². The highest BCUT2D eigenvalue weighted by atomic mass is 32.2. The molecule has 0 saturated heterocycles. The molecule has 15 heavy (non-hydrogen) atoms. The molecule has 82 valence electrons. The van der Waals surface area contributed by atoms with Gasteiger partial charge in [0.25, 0.3) is 0 Å². The van der Waals surface area contributed by atoms with Crippen LogP contribution in [0.15, 0.2) is 18.2 Å². The molecule has 0 spiro atoms. The first-order valence-electron chi connectivity index (χ1n) is 4.42. The van der Waals surface area contributed by atoms with Gasteiger partial charge in [0.2, 0.25) is 0 Å². The summed E-state index contributed by atoms with van der Waals surface area (Å²) in [4.78, 5) is 0. The average Bonchev–Trinajstić information content (AvgIpc) is 2.18. The summed E-state index contributed by atoms with van der Waals surface area (Å²) in [5, 5.41) is 18.0. The first-order chi connectivity index (χ1) is 7.15. The summed E-state index contributed by atoms with van der Waals surface area (Å²) in [6.45, 7) is 0.407.